The van der Waals surface area contributed by atoms with E-state index in [1.807, 2.05) is 6.92 Å². The van der Waals surface area contributed by atoms with E-state index in [-0.39, 0.29) is 11.9 Å². The summed E-state index contributed by atoms with van der Waals surface area (Å²) in [7, 11) is 0. The average molecular weight is 186 g/mol. The van der Waals surface area contributed by atoms with Crippen LogP contribution in [-0.2, 0) is 9.53 Å². The fourth-order valence-electron chi connectivity index (χ4n) is 1.40. The monoisotopic (exact) mass is 186 g/mol. The molecule has 0 bridgehead atoms. The minimum absolute atomic E-state index is 0.00306. The van der Waals surface area contributed by atoms with Crippen molar-refractivity contribution in [1.29, 1.82) is 0 Å². The van der Waals surface area contributed by atoms with Gasteiger partial charge in [0.2, 0.25) is 5.91 Å². The van der Waals surface area contributed by atoms with Crippen LogP contribution in [0.4, 0.5) is 0 Å². The van der Waals surface area contributed by atoms with Gasteiger partial charge in [-0.05, 0) is 20.8 Å². The van der Waals surface area contributed by atoms with Gasteiger partial charge in [0, 0.05) is 6.54 Å². The zero-order valence-electron chi connectivity index (χ0n) is 8.54. The lowest BCUT2D eigenvalue weighted by atomic mass is 10.0. The van der Waals surface area contributed by atoms with Crippen LogP contribution < -0.4 is 5.73 Å². The second kappa shape index (κ2) is 3.64. The van der Waals surface area contributed by atoms with Crippen LogP contribution in [0.15, 0.2) is 0 Å². The lowest BCUT2D eigenvalue weighted by molar-refractivity contribution is -0.143. The van der Waals surface area contributed by atoms with E-state index in [1.54, 1.807) is 18.7 Å². The van der Waals surface area contributed by atoms with Crippen LogP contribution in [0.1, 0.15) is 20.8 Å². The molecule has 1 atom stereocenters. The molecule has 76 valence electrons. The van der Waals surface area contributed by atoms with E-state index in [2.05, 4.69) is 0 Å². The fraction of sp³-hybridized carbons (Fsp3) is 0.889. The van der Waals surface area contributed by atoms with E-state index < -0.39 is 5.54 Å². The highest BCUT2D eigenvalue weighted by Gasteiger charge is 2.32. The maximum atomic E-state index is 11.8. The Morgan fingerprint density at radius 2 is 2.23 bits per heavy atom. The maximum Gasteiger partial charge on any atom is 0.242 e. The number of morpholine rings is 1. The standard InChI is InChI=1S/C9H18N2O2/c1-7-6-13-5-4-11(7)8(12)9(2,3)10/h7H,4-6,10H2,1-3H3/t7-/m1/s1. The Hall–Kier alpha value is -0.610. The summed E-state index contributed by atoms with van der Waals surface area (Å²) in [5.41, 5.74) is 4.97. The zero-order valence-corrected chi connectivity index (χ0v) is 8.54. The van der Waals surface area contributed by atoms with Gasteiger partial charge in [-0.3, -0.25) is 4.79 Å². The smallest absolute Gasteiger partial charge is 0.242 e. The molecule has 1 aliphatic heterocycles. The number of hydrogen-bond donors (Lipinski definition) is 1. The Morgan fingerprint density at radius 1 is 1.62 bits per heavy atom. The molecular formula is C9H18N2O2. The number of carbonyl (C=O) groups is 1. The summed E-state index contributed by atoms with van der Waals surface area (Å²) < 4.78 is 5.24. The first-order valence-corrected chi connectivity index (χ1v) is 4.60. The molecule has 0 unspecified atom stereocenters. The van der Waals surface area contributed by atoms with Gasteiger partial charge in [0.25, 0.3) is 0 Å². The average Bonchev–Trinajstić information content (AvgIpc) is 2.02. The van der Waals surface area contributed by atoms with Gasteiger partial charge in [0.1, 0.15) is 0 Å². The van der Waals surface area contributed by atoms with Crippen molar-refractivity contribution in [2.24, 2.45) is 5.73 Å². The van der Waals surface area contributed by atoms with Crippen molar-refractivity contribution in [2.75, 3.05) is 19.8 Å². The van der Waals surface area contributed by atoms with Gasteiger partial charge in [-0.1, -0.05) is 0 Å². The summed E-state index contributed by atoms with van der Waals surface area (Å²) in [6.45, 7) is 7.33. The molecule has 1 saturated heterocycles. The molecule has 0 aromatic rings. The predicted molar refractivity (Wildman–Crippen MR) is 50.3 cm³/mol. The van der Waals surface area contributed by atoms with Gasteiger partial charge in [0.15, 0.2) is 0 Å². The van der Waals surface area contributed by atoms with Crippen molar-refractivity contribution in [3.05, 3.63) is 0 Å². The number of rotatable bonds is 1. The minimum Gasteiger partial charge on any atom is -0.377 e. The molecule has 1 fully saturated rings. The fourth-order valence-corrected chi connectivity index (χ4v) is 1.40. The second-order valence-electron chi connectivity index (χ2n) is 4.14. The van der Waals surface area contributed by atoms with Crippen LogP contribution in [0.5, 0.6) is 0 Å². The molecule has 0 saturated carbocycles. The lowest BCUT2D eigenvalue weighted by Crippen LogP contribution is -2.57. The highest BCUT2D eigenvalue weighted by molar-refractivity contribution is 5.85. The third kappa shape index (κ3) is 2.42. The third-order valence-electron chi connectivity index (χ3n) is 2.18. The van der Waals surface area contributed by atoms with E-state index in [0.29, 0.717) is 19.8 Å². The number of carbonyl (C=O) groups excluding carboxylic acids is 1. The normalized spacial score (nSPS) is 24.6. The SMILES string of the molecule is C[C@@H]1COCCN1C(=O)C(C)(C)N. The zero-order chi connectivity index (χ0) is 10.1. The summed E-state index contributed by atoms with van der Waals surface area (Å²) >= 11 is 0. The van der Waals surface area contributed by atoms with Crippen LogP contribution in [0, 0.1) is 0 Å². The van der Waals surface area contributed by atoms with Crippen LogP contribution in [-0.4, -0.2) is 42.1 Å². The molecule has 0 spiro atoms. The minimum atomic E-state index is -0.772. The first kappa shape index (κ1) is 10.5. The first-order chi connectivity index (χ1) is 5.93. The number of hydrogen-bond acceptors (Lipinski definition) is 3. The summed E-state index contributed by atoms with van der Waals surface area (Å²) in [6.07, 6.45) is 0. The van der Waals surface area contributed by atoms with Crippen molar-refractivity contribution in [3.63, 3.8) is 0 Å². The quantitative estimate of drug-likeness (QED) is 0.625. The van der Waals surface area contributed by atoms with Crippen LogP contribution in [0.3, 0.4) is 0 Å². The molecule has 4 heteroatoms. The van der Waals surface area contributed by atoms with Crippen molar-refractivity contribution in [1.82, 2.24) is 4.90 Å². The van der Waals surface area contributed by atoms with E-state index in [1.165, 1.54) is 0 Å². The summed E-state index contributed by atoms with van der Waals surface area (Å²) in [5, 5.41) is 0. The topological polar surface area (TPSA) is 55.6 Å². The molecule has 1 aliphatic rings. The number of nitrogens with zero attached hydrogens (tertiary/aromatic N) is 1. The van der Waals surface area contributed by atoms with Crippen molar-refractivity contribution in [3.8, 4) is 0 Å². The third-order valence-corrected chi connectivity index (χ3v) is 2.18. The van der Waals surface area contributed by atoms with Crippen LogP contribution in [0.2, 0.25) is 0 Å². The molecule has 1 rings (SSSR count). The van der Waals surface area contributed by atoms with E-state index in [9.17, 15) is 4.79 Å². The van der Waals surface area contributed by atoms with Crippen LogP contribution >= 0.6 is 0 Å². The van der Waals surface area contributed by atoms with Gasteiger partial charge in [0.05, 0.1) is 24.8 Å². The van der Waals surface area contributed by atoms with Crippen molar-refractivity contribution < 1.29 is 9.53 Å². The van der Waals surface area contributed by atoms with Gasteiger partial charge in [-0.25, -0.2) is 0 Å². The Morgan fingerprint density at radius 3 is 2.69 bits per heavy atom. The second-order valence-corrected chi connectivity index (χ2v) is 4.14. The molecule has 0 aromatic carbocycles. The molecule has 13 heavy (non-hydrogen) atoms. The molecule has 1 heterocycles. The maximum absolute atomic E-state index is 11.8. The van der Waals surface area contributed by atoms with Gasteiger partial charge in [-0.2, -0.15) is 0 Å². The van der Waals surface area contributed by atoms with E-state index in [0.717, 1.165) is 0 Å². The lowest BCUT2D eigenvalue weighted by Gasteiger charge is -2.37. The van der Waals surface area contributed by atoms with Crippen molar-refractivity contribution in [2.45, 2.75) is 32.4 Å². The Labute approximate surface area is 79.0 Å². The number of nitrogens with two attached hydrogens (primary N) is 1. The molecule has 4 nitrogen and oxygen atoms in total. The molecule has 0 radical (unpaired) electrons. The van der Waals surface area contributed by atoms with Gasteiger partial charge < -0.3 is 15.4 Å². The number of amides is 1. The number of ether oxygens (including phenoxy) is 1. The molecule has 2 N–H and O–H groups in total. The summed E-state index contributed by atoms with van der Waals surface area (Å²) in [4.78, 5) is 13.6. The summed E-state index contributed by atoms with van der Waals surface area (Å²) in [6, 6.07) is 0.143. The van der Waals surface area contributed by atoms with Crippen LogP contribution in [0.25, 0.3) is 0 Å². The molecule has 1 amide bonds. The molecular weight excluding hydrogens is 168 g/mol. The highest BCUT2D eigenvalue weighted by Crippen LogP contribution is 2.11. The van der Waals surface area contributed by atoms with E-state index >= 15 is 0 Å². The highest BCUT2D eigenvalue weighted by atomic mass is 16.5. The molecule has 0 aliphatic carbocycles. The van der Waals surface area contributed by atoms with E-state index in [4.69, 9.17) is 10.5 Å². The predicted octanol–water partition coefficient (Wildman–Crippen LogP) is -0.0290. The first-order valence-electron chi connectivity index (χ1n) is 4.60. The van der Waals surface area contributed by atoms with Crippen molar-refractivity contribution >= 4 is 5.91 Å². The Balaban J connectivity index is 2.64. The van der Waals surface area contributed by atoms with Gasteiger partial charge in [-0.15, -0.1) is 0 Å². The summed E-state index contributed by atoms with van der Waals surface area (Å²) in [5.74, 6) is 0.00306. The van der Waals surface area contributed by atoms with Gasteiger partial charge >= 0.3 is 0 Å². The largest absolute Gasteiger partial charge is 0.377 e. The Bertz CT molecular complexity index is 198. The Kier molecular flexibility index (Phi) is 2.93. The molecule has 0 aromatic heterocycles.